The minimum absolute atomic E-state index is 0.122. The van der Waals surface area contributed by atoms with Crippen molar-refractivity contribution in [1.29, 1.82) is 0 Å². The summed E-state index contributed by atoms with van der Waals surface area (Å²) in [6.07, 6.45) is 2.18. The van der Waals surface area contributed by atoms with E-state index in [2.05, 4.69) is 0 Å². The van der Waals surface area contributed by atoms with Crippen LogP contribution in [0, 0.1) is 16.8 Å². The second kappa shape index (κ2) is 5.24. The van der Waals surface area contributed by atoms with E-state index in [4.69, 9.17) is 0 Å². The van der Waals surface area contributed by atoms with Crippen molar-refractivity contribution in [2.75, 3.05) is 0 Å². The monoisotopic (exact) mass is 289 g/mol. The van der Waals surface area contributed by atoms with Gasteiger partial charge in [-0.3, -0.25) is 4.79 Å². The number of pyridine rings is 1. The van der Waals surface area contributed by atoms with Gasteiger partial charge in [-0.2, -0.15) is 4.73 Å². The average Bonchev–Trinajstić information content (AvgIpc) is 2.62. The number of carbonyl (C=O) groups is 1. The van der Waals surface area contributed by atoms with Crippen molar-refractivity contribution in [3.05, 3.63) is 70.2 Å². The number of hydrogen-bond acceptors (Lipinski definition) is 2. The van der Waals surface area contributed by atoms with E-state index in [0.717, 1.165) is 6.07 Å². The third-order valence-electron chi connectivity index (χ3n) is 3.92. The number of Topliss-reactive ketones (excluding diaryl/α,β-unsaturated/α-hetero) is 1. The SMILES string of the molecule is O=C1CCC(c2cccc(F)c2F)Cc2ccc[n+]([O-])c21. The third kappa shape index (κ3) is 2.39. The Hall–Kier alpha value is -2.30. The molecule has 1 heterocycles. The first kappa shape index (κ1) is 13.7. The van der Waals surface area contributed by atoms with Crippen LogP contribution in [0.3, 0.4) is 0 Å². The van der Waals surface area contributed by atoms with Crippen LogP contribution in [0.1, 0.15) is 40.4 Å². The zero-order chi connectivity index (χ0) is 15.0. The Bertz CT molecular complexity index is 715. The van der Waals surface area contributed by atoms with Gasteiger partial charge < -0.3 is 5.21 Å². The summed E-state index contributed by atoms with van der Waals surface area (Å²) in [5, 5.41) is 11.8. The highest BCUT2D eigenvalue weighted by molar-refractivity contribution is 5.94. The van der Waals surface area contributed by atoms with Gasteiger partial charge in [0.15, 0.2) is 17.8 Å². The summed E-state index contributed by atoms with van der Waals surface area (Å²) < 4.78 is 27.9. The van der Waals surface area contributed by atoms with E-state index in [9.17, 15) is 18.8 Å². The smallest absolute Gasteiger partial charge is 0.263 e. The normalized spacial score (nSPS) is 18.2. The van der Waals surface area contributed by atoms with Crippen LogP contribution < -0.4 is 4.73 Å². The molecule has 1 aliphatic rings. The Morgan fingerprint density at radius 3 is 2.81 bits per heavy atom. The summed E-state index contributed by atoms with van der Waals surface area (Å²) in [6, 6.07) is 7.31. The van der Waals surface area contributed by atoms with Gasteiger partial charge in [0.1, 0.15) is 0 Å². The van der Waals surface area contributed by atoms with Crippen molar-refractivity contribution in [3.63, 3.8) is 0 Å². The van der Waals surface area contributed by atoms with E-state index >= 15 is 0 Å². The number of hydrogen-bond donors (Lipinski definition) is 0. The number of aromatic nitrogens is 1. The average molecular weight is 289 g/mol. The van der Waals surface area contributed by atoms with Crippen molar-refractivity contribution >= 4 is 5.78 Å². The highest BCUT2D eigenvalue weighted by Crippen LogP contribution is 2.32. The van der Waals surface area contributed by atoms with Crippen molar-refractivity contribution in [2.45, 2.75) is 25.2 Å². The van der Waals surface area contributed by atoms with Crippen molar-refractivity contribution in [2.24, 2.45) is 0 Å². The first-order valence-electron chi connectivity index (χ1n) is 6.76. The Morgan fingerprint density at radius 1 is 1.19 bits per heavy atom. The van der Waals surface area contributed by atoms with Gasteiger partial charge in [0, 0.05) is 18.1 Å². The third-order valence-corrected chi connectivity index (χ3v) is 3.92. The zero-order valence-electron chi connectivity index (χ0n) is 11.2. The first-order valence-corrected chi connectivity index (χ1v) is 6.76. The van der Waals surface area contributed by atoms with E-state index in [0.29, 0.717) is 23.1 Å². The number of benzene rings is 1. The van der Waals surface area contributed by atoms with Gasteiger partial charge >= 0.3 is 0 Å². The lowest BCUT2D eigenvalue weighted by Gasteiger charge is -2.15. The number of nitrogens with zero attached hydrogens (tertiary/aromatic N) is 1. The maximum Gasteiger partial charge on any atom is 0.263 e. The Labute approximate surface area is 120 Å². The fourth-order valence-electron chi connectivity index (χ4n) is 2.89. The summed E-state index contributed by atoms with van der Waals surface area (Å²) in [6.45, 7) is 0. The van der Waals surface area contributed by atoms with Crippen LogP contribution >= 0.6 is 0 Å². The van der Waals surface area contributed by atoms with Crippen LogP contribution in [0.2, 0.25) is 0 Å². The largest absolute Gasteiger partial charge is 0.618 e. The number of halogens is 2. The van der Waals surface area contributed by atoms with E-state index in [-0.39, 0.29) is 29.4 Å². The van der Waals surface area contributed by atoms with Crippen LogP contribution in [-0.2, 0) is 6.42 Å². The van der Waals surface area contributed by atoms with Crippen LogP contribution in [0.25, 0.3) is 0 Å². The van der Waals surface area contributed by atoms with Crippen molar-refractivity contribution in [3.8, 4) is 0 Å². The van der Waals surface area contributed by atoms with E-state index in [1.54, 1.807) is 12.1 Å². The van der Waals surface area contributed by atoms with Gasteiger partial charge in [-0.1, -0.05) is 12.1 Å². The van der Waals surface area contributed by atoms with Crippen molar-refractivity contribution < 1.29 is 18.3 Å². The van der Waals surface area contributed by atoms with Crippen LogP contribution in [0.4, 0.5) is 8.78 Å². The molecule has 1 atom stereocenters. The molecular formula is C16H13F2NO2. The van der Waals surface area contributed by atoms with Gasteiger partial charge in [0.2, 0.25) is 5.78 Å². The maximum atomic E-state index is 13.9. The molecule has 1 aliphatic carbocycles. The predicted octanol–water partition coefficient (Wildman–Crippen LogP) is 2.90. The molecule has 1 aromatic carbocycles. The van der Waals surface area contributed by atoms with Crippen LogP contribution in [0.15, 0.2) is 36.5 Å². The van der Waals surface area contributed by atoms with Gasteiger partial charge in [-0.25, -0.2) is 8.78 Å². The maximum absolute atomic E-state index is 13.9. The van der Waals surface area contributed by atoms with Gasteiger partial charge in [-0.05, 0) is 36.5 Å². The number of carbonyl (C=O) groups excluding carboxylic acids is 1. The highest BCUT2D eigenvalue weighted by atomic mass is 19.2. The van der Waals surface area contributed by atoms with Crippen molar-refractivity contribution in [1.82, 2.24) is 0 Å². The number of ketones is 1. The van der Waals surface area contributed by atoms with E-state index in [1.807, 2.05) is 0 Å². The molecule has 5 heteroatoms. The molecule has 3 nitrogen and oxygen atoms in total. The van der Waals surface area contributed by atoms with Gasteiger partial charge in [0.05, 0.1) is 0 Å². The van der Waals surface area contributed by atoms with E-state index in [1.165, 1.54) is 18.3 Å². The fraction of sp³-hybridized carbons (Fsp3) is 0.250. The summed E-state index contributed by atoms with van der Waals surface area (Å²) in [5.41, 5.74) is 0.970. The molecule has 0 saturated carbocycles. The molecule has 1 aromatic heterocycles. The Morgan fingerprint density at radius 2 is 2.00 bits per heavy atom. The molecule has 0 amide bonds. The Kier molecular flexibility index (Phi) is 3.41. The minimum Gasteiger partial charge on any atom is -0.618 e. The summed E-state index contributed by atoms with van der Waals surface area (Å²) in [4.78, 5) is 12.1. The molecule has 0 saturated heterocycles. The second-order valence-electron chi connectivity index (χ2n) is 5.21. The van der Waals surface area contributed by atoms with Gasteiger partial charge in [-0.15, -0.1) is 0 Å². The lowest BCUT2D eigenvalue weighted by molar-refractivity contribution is -0.608. The lowest BCUT2D eigenvalue weighted by Crippen LogP contribution is -2.35. The molecule has 0 spiro atoms. The molecule has 1 unspecified atom stereocenters. The summed E-state index contributed by atoms with van der Waals surface area (Å²) in [5.74, 6) is -2.33. The molecule has 3 rings (SSSR count). The van der Waals surface area contributed by atoms with Crippen LogP contribution in [-0.4, -0.2) is 5.78 Å². The standard InChI is InChI=1S/C16H13F2NO2/c17-13-5-1-4-12(15(13)18)10-6-7-14(20)16-11(9-10)3-2-8-19(16)21/h1-5,8,10H,6-7,9H2. The fourth-order valence-corrected chi connectivity index (χ4v) is 2.89. The lowest BCUT2D eigenvalue weighted by atomic mass is 9.90. The first-order chi connectivity index (χ1) is 10.1. The molecule has 0 bridgehead atoms. The van der Waals surface area contributed by atoms with E-state index < -0.39 is 11.6 Å². The minimum atomic E-state index is -0.893. The van der Waals surface area contributed by atoms with Gasteiger partial charge in [0.25, 0.3) is 5.69 Å². The zero-order valence-corrected chi connectivity index (χ0v) is 11.2. The predicted molar refractivity (Wildman–Crippen MR) is 71.8 cm³/mol. The summed E-state index contributed by atoms with van der Waals surface area (Å²) in [7, 11) is 0. The molecule has 0 fully saturated rings. The Balaban J connectivity index is 2.04. The quantitative estimate of drug-likeness (QED) is 0.460. The topological polar surface area (TPSA) is 44.0 Å². The molecule has 21 heavy (non-hydrogen) atoms. The molecule has 2 aromatic rings. The number of rotatable bonds is 1. The summed E-state index contributed by atoms with van der Waals surface area (Å²) >= 11 is 0. The molecular weight excluding hydrogens is 276 g/mol. The highest BCUT2D eigenvalue weighted by Gasteiger charge is 2.30. The number of fused-ring (bicyclic) bond motifs is 1. The molecule has 0 N–H and O–H groups in total. The molecule has 0 aliphatic heterocycles. The molecule has 0 radical (unpaired) electrons. The van der Waals surface area contributed by atoms with Crippen LogP contribution in [0.5, 0.6) is 0 Å². The molecule has 108 valence electrons. The second-order valence-corrected chi connectivity index (χ2v) is 5.21.